The SMILES string of the molecule is CC(C)(C)OC(C)(C)CCCCl. The van der Waals surface area contributed by atoms with Gasteiger partial charge in [-0.2, -0.15) is 0 Å². The van der Waals surface area contributed by atoms with E-state index in [9.17, 15) is 0 Å². The van der Waals surface area contributed by atoms with Crippen LogP contribution >= 0.6 is 11.6 Å². The average Bonchev–Trinajstić information content (AvgIpc) is 1.78. The first-order valence-electron chi connectivity index (χ1n) is 4.53. The average molecular weight is 193 g/mol. The van der Waals surface area contributed by atoms with Crippen molar-refractivity contribution in [1.82, 2.24) is 0 Å². The van der Waals surface area contributed by atoms with Crippen molar-refractivity contribution < 1.29 is 4.74 Å². The van der Waals surface area contributed by atoms with Gasteiger partial charge in [0.15, 0.2) is 0 Å². The quantitative estimate of drug-likeness (QED) is 0.619. The Hall–Kier alpha value is 0.250. The monoisotopic (exact) mass is 192 g/mol. The largest absolute Gasteiger partial charge is 0.370 e. The van der Waals surface area contributed by atoms with Gasteiger partial charge >= 0.3 is 0 Å². The van der Waals surface area contributed by atoms with Crippen LogP contribution < -0.4 is 0 Å². The molecule has 0 bridgehead atoms. The van der Waals surface area contributed by atoms with E-state index in [2.05, 4.69) is 34.6 Å². The third-order valence-electron chi connectivity index (χ3n) is 1.49. The minimum atomic E-state index is -0.0597. The lowest BCUT2D eigenvalue weighted by Crippen LogP contribution is -2.34. The highest BCUT2D eigenvalue weighted by molar-refractivity contribution is 6.17. The van der Waals surface area contributed by atoms with Crippen molar-refractivity contribution in [2.45, 2.75) is 58.7 Å². The maximum Gasteiger partial charge on any atom is 0.0634 e. The highest BCUT2D eigenvalue weighted by atomic mass is 35.5. The molecule has 0 heterocycles. The van der Waals surface area contributed by atoms with Crippen LogP contribution in [0.5, 0.6) is 0 Å². The number of ether oxygens (including phenoxy) is 1. The molecular formula is C10H21ClO. The summed E-state index contributed by atoms with van der Waals surface area (Å²) in [7, 11) is 0. The predicted molar refractivity (Wildman–Crippen MR) is 54.9 cm³/mol. The van der Waals surface area contributed by atoms with Gasteiger partial charge < -0.3 is 4.74 Å². The summed E-state index contributed by atoms with van der Waals surface area (Å²) in [6.07, 6.45) is 2.04. The number of rotatable bonds is 4. The first-order valence-corrected chi connectivity index (χ1v) is 5.06. The van der Waals surface area contributed by atoms with Crippen LogP contribution in [0.4, 0.5) is 0 Å². The molecule has 74 valence electrons. The molecular weight excluding hydrogens is 172 g/mol. The topological polar surface area (TPSA) is 9.23 Å². The molecule has 2 heteroatoms. The van der Waals surface area contributed by atoms with Gasteiger partial charge in [-0.05, 0) is 47.5 Å². The summed E-state index contributed by atoms with van der Waals surface area (Å²) in [5.41, 5.74) is -0.108. The Bertz CT molecular complexity index is 124. The Morgan fingerprint density at radius 3 is 1.92 bits per heavy atom. The van der Waals surface area contributed by atoms with Crippen LogP contribution in [0, 0.1) is 0 Å². The molecule has 0 unspecified atom stereocenters. The van der Waals surface area contributed by atoms with Crippen LogP contribution in [0.2, 0.25) is 0 Å². The molecule has 0 radical (unpaired) electrons. The molecule has 0 aliphatic heterocycles. The summed E-state index contributed by atoms with van der Waals surface area (Å²) < 4.78 is 5.87. The Kier molecular flexibility index (Phi) is 4.57. The molecule has 12 heavy (non-hydrogen) atoms. The molecule has 0 aromatic carbocycles. The third kappa shape index (κ3) is 6.93. The standard InChI is InChI=1S/C10H21ClO/c1-9(2,3)12-10(4,5)7-6-8-11/h6-8H2,1-5H3. The molecule has 0 amide bonds. The second kappa shape index (κ2) is 4.48. The van der Waals surface area contributed by atoms with Crippen LogP contribution in [0.15, 0.2) is 0 Å². The fraction of sp³-hybridized carbons (Fsp3) is 1.00. The first kappa shape index (κ1) is 12.2. The maximum atomic E-state index is 5.87. The van der Waals surface area contributed by atoms with Crippen LogP contribution in [-0.4, -0.2) is 17.1 Å². The molecule has 0 aromatic rings. The molecule has 1 nitrogen and oxygen atoms in total. The van der Waals surface area contributed by atoms with E-state index in [4.69, 9.17) is 16.3 Å². The Balaban J connectivity index is 3.86. The zero-order valence-corrected chi connectivity index (χ0v) is 9.66. The van der Waals surface area contributed by atoms with Crippen molar-refractivity contribution in [1.29, 1.82) is 0 Å². The molecule has 0 spiro atoms. The Morgan fingerprint density at radius 2 is 1.58 bits per heavy atom. The molecule has 0 atom stereocenters. The van der Waals surface area contributed by atoms with Crippen molar-refractivity contribution >= 4 is 11.6 Å². The van der Waals surface area contributed by atoms with E-state index >= 15 is 0 Å². The van der Waals surface area contributed by atoms with Gasteiger partial charge in [0.25, 0.3) is 0 Å². The lowest BCUT2D eigenvalue weighted by molar-refractivity contribution is -0.116. The molecule has 0 aromatic heterocycles. The molecule has 0 aliphatic carbocycles. The van der Waals surface area contributed by atoms with Gasteiger partial charge in [0.05, 0.1) is 11.2 Å². The van der Waals surface area contributed by atoms with E-state index in [0.717, 1.165) is 18.7 Å². The fourth-order valence-corrected chi connectivity index (χ4v) is 1.51. The summed E-state index contributed by atoms with van der Waals surface area (Å²) in [6.45, 7) is 10.5. The van der Waals surface area contributed by atoms with E-state index < -0.39 is 0 Å². The lowest BCUT2D eigenvalue weighted by atomic mass is 10.0. The lowest BCUT2D eigenvalue weighted by Gasteiger charge is -2.33. The van der Waals surface area contributed by atoms with Crippen molar-refractivity contribution in [2.24, 2.45) is 0 Å². The Morgan fingerprint density at radius 1 is 1.08 bits per heavy atom. The zero-order chi connectivity index (χ0) is 9.83. The second-order valence-corrected chi connectivity index (χ2v) is 5.14. The normalized spacial score (nSPS) is 13.5. The summed E-state index contributed by atoms with van der Waals surface area (Å²) in [5, 5.41) is 0. The molecule has 0 saturated carbocycles. The van der Waals surface area contributed by atoms with Crippen molar-refractivity contribution in [3.05, 3.63) is 0 Å². The minimum Gasteiger partial charge on any atom is -0.370 e. The summed E-state index contributed by atoms with van der Waals surface area (Å²) >= 11 is 5.62. The van der Waals surface area contributed by atoms with E-state index in [1.54, 1.807) is 0 Å². The van der Waals surface area contributed by atoms with Gasteiger partial charge in [0, 0.05) is 5.88 Å². The van der Waals surface area contributed by atoms with Gasteiger partial charge in [0.2, 0.25) is 0 Å². The zero-order valence-electron chi connectivity index (χ0n) is 8.91. The van der Waals surface area contributed by atoms with Crippen molar-refractivity contribution in [3.63, 3.8) is 0 Å². The van der Waals surface area contributed by atoms with Gasteiger partial charge in [-0.25, -0.2) is 0 Å². The van der Waals surface area contributed by atoms with Gasteiger partial charge in [0.1, 0.15) is 0 Å². The minimum absolute atomic E-state index is 0.0485. The highest BCUT2D eigenvalue weighted by Gasteiger charge is 2.24. The van der Waals surface area contributed by atoms with Crippen LogP contribution in [0.25, 0.3) is 0 Å². The van der Waals surface area contributed by atoms with Crippen LogP contribution in [-0.2, 0) is 4.74 Å². The highest BCUT2D eigenvalue weighted by Crippen LogP contribution is 2.24. The van der Waals surface area contributed by atoms with E-state index in [0.29, 0.717) is 0 Å². The summed E-state index contributed by atoms with van der Waals surface area (Å²) in [6, 6.07) is 0. The van der Waals surface area contributed by atoms with Gasteiger partial charge in [-0.15, -0.1) is 11.6 Å². The summed E-state index contributed by atoms with van der Waals surface area (Å²) in [5.74, 6) is 0.719. The van der Waals surface area contributed by atoms with Gasteiger partial charge in [-0.1, -0.05) is 0 Å². The molecule has 0 rings (SSSR count). The summed E-state index contributed by atoms with van der Waals surface area (Å²) in [4.78, 5) is 0. The van der Waals surface area contributed by atoms with Crippen molar-refractivity contribution in [3.8, 4) is 0 Å². The molecule has 0 fully saturated rings. The number of hydrogen-bond acceptors (Lipinski definition) is 1. The Labute approximate surface area is 81.4 Å². The van der Waals surface area contributed by atoms with Crippen LogP contribution in [0.3, 0.4) is 0 Å². The number of alkyl halides is 1. The maximum absolute atomic E-state index is 5.87. The van der Waals surface area contributed by atoms with Crippen molar-refractivity contribution in [2.75, 3.05) is 5.88 Å². The fourth-order valence-electron chi connectivity index (χ4n) is 1.37. The first-order chi connectivity index (χ1) is 5.27. The van der Waals surface area contributed by atoms with Gasteiger partial charge in [-0.3, -0.25) is 0 Å². The number of hydrogen-bond donors (Lipinski definition) is 0. The molecule has 0 saturated heterocycles. The molecule has 0 N–H and O–H groups in total. The van der Waals surface area contributed by atoms with E-state index in [-0.39, 0.29) is 11.2 Å². The second-order valence-electron chi connectivity index (χ2n) is 4.77. The molecule has 0 aliphatic rings. The van der Waals surface area contributed by atoms with Crippen LogP contribution in [0.1, 0.15) is 47.5 Å². The van der Waals surface area contributed by atoms with E-state index in [1.165, 1.54) is 0 Å². The third-order valence-corrected chi connectivity index (χ3v) is 1.76. The van der Waals surface area contributed by atoms with E-state index in [1.807, 2.05) is 0 Å². The smallest absolute Gasteiger partial charge is 0.0634 e. The number of halogens is 1. The predicted octanol–water partition coefficient (Wildman–Crippen LogP) is 3.60.